The Morgan fingerprint density at radius 1 is 1.37 bits per heavy atom. The van der Waals surface area contributed by atoms with Crippen LogP contribution in [-0.2, 0) is 4.74 Å². The number of benzene rings is 1. The van der Waals surface area contributed by atoms with Crippen LogP contribution in [0, 0.1) is 6.92 Å². The summed E-state index contributed by atoms with van der Waals surface area (Å²) in [5.41, 5.74) is 2.02. The Hall–Kier alpha value is -1.10. The summed E-state index contributed by atoms with van der Waals surface area (Å²) in [5, 5.41) is 10.3. The molecule has 106 valence electrons. The van der Waals surface area contributed by atoms with Gasteiger partial charge < -0.3 is 14.6 Å². The third kappa shape index (κ3) is 3.93. The van der Waals surface area contributed by atoms with Gasteiger partial charge >= 0.3 is 0 Å². The van der Waals surface area contributed by atoms with Crippen molar-refractivity contribution in [1.29, 1.82) is 0 Å². The zero-order chi connectivity index (χ0) is 13.7. The summed E-state index contributed by atoms with van der Waals surface area (Å²) in [6.45, 7) is 6.42. The number of hydrogen-bond acceptors (Lipinski definition) is 4. The predicted molar refractivity (Wildman–Crippen MR) is 74.6 cm³/mol. The van der Waals surface area contributed by atoms with Crippen LogP contribution in [0.15, 0.2) is 18.2 Å². The first-order chi connectivity index (χ1) is 9.20. The van der Waals surface area contributed by atoms with Crippen LogP contribution in [0.3, 0.4) is 0 Å². The lowest BCUT2D eigenvalue weighted by molar-refractivity contribution is 0.0299. The first kappa shape index (κ1) is 14.3. The maximum Gasteiger partial charge on any atom is 0.124 e. The molecule has 0 amide bonds. The number of nitrogens with zero attached hydrogens (tertiary/aromatic N) is 1. The Bertz CT molecular complexity index is 402. The monoisotopic (exact) mass is 265 g/mol. The number of aryl methyl sites for hydroxylation is 1. The van der Waals surface area contributed by atoms with Crippen molar-refractivity contribution < 1.29 is 14.6 Å². The molecule has 4 heteroatoms. The lowest BCUT2D eigenvalue weighted by Crippen LogP contribution is -2.37. The fraction of sp³-hybridized carbons (Fsp3) is 0.600. The molecule has 2 rings (SSSR count). The molecule has 0 radical (unpaired) electrons. The first-order valence-corrected chi connectivity index (χ1v) is 6.83. The van der Waals surface area contributed by atoms with Crippen molar-refractivity contribution in [2.45, 2.75) is 19.4 Å². The fourth-order valence-corrected chi connectivity index (χ4v) is 2.40. The lowest BCUT2D eigenvalue weighted by Gasteiger charge is -2.27. The van der Waals surface area contributed by atoms with Gasteiger partial charge in [0.25, 0.3) is 0 Å². The van der Waals surface area contributed by atoms with E-state index in [1.165, 1.54) is 0 Å². The molecule has 1 fully saturated rings. The molecule has 1 N–H and O–H groups in total. The summed E-state index contributed by atoms with van der Waals surface area (Å²) < 4.78 is 10.6. The maximum absolute atomic E-state index is 10.3. The van der Waals surface area contributed by atoms with Crippen molar-refractivity contribution in [3.8, 4) is 5.75 Å². The van der Waals surface area contributed by atoms with Crippen molar-refractivity contribution in [3.05, 3.63) is 29.3 Å². The summed E-state index contributed by atoms with van der Waals surface area (Å²) in [5.74, 6) is 0.764. The number of hydrogen-bond donors (Lipinski definition) is 1. The van der Waals surface area contributed by atoms with E-state index in [-0.39, 0.29) is 0 Å². The Balaban J connectivity index is 1.94. The highest BCUT2D eigenvalue weighted by atomic mass is 16.5. The number of aliphatic hydroxyl groups is 1. The molecule has 1 aromatic carbocycles. The van der Waals surface area contributed by atoms with E-state index in [0.29, 0.717) is 0 Å². The molecule has 0 spiro atoms. The van der Waals surface area contributed by atoms with Gasteiger partial charge in [-0.05, 0) is 25.5 Å². The highest BCUT2D eigenvalue weighted by Gasteiger charge is 2.16. The van der Waals surface area contributed by atoms with Crippen LogP contribution in [-0.4, -0.2) is 50.0 Å². The van der Waals surface area contributed by atoms with Gasteiger partial charge in [0.05, 0.1) is 26.4 Å². The molecule has 1 unspecified atom stereocenters. The standard InChI is InChI=1S/C15H23NO3/c1-12-3-4-15(18-2)13(11-12)14(17)5-6-16-7-9-19-10-8-16/h3-4,11,14,17H,5-10H2,1-2H3. The molecule has 4 nitrogen and oxygen atoms in total. The van der Waals surface area contributed by atoms with Crippen LogP contribution in [0.5, 0.6) is 5.75 Å². The topological polar surface area (TPSA) is 41.9 Å². The van der Waals surface area contributed by atoms with E-state index < -0.39 is 6.10 Å². The van der Waals surface area contributed by atoms with Gasteiger partial charge in [-0.15, -0.1) is 0 Å². The number of ether oxygens (including phenoxy) is 2. The van der Waals surface area contributed by atoms with Crippen LogP contribution in [0.1, 0.15) is 23.7 Å². The smallest absolute Gasteiger partial charge is 0.124 e. The van der Waals surface area contributed by atoms with Gasteiger partial charge in [-0.25, -0.2) is 0 Å². The van der Waals surface area contributed by atoms with Crippen molar-refractivity contribution in [2.24, 2.45) is 0 Å². The highest BCUT2D eigenvalue weighted by Crippen LogP contribution is 2.28. The average Bonchev–Trinajstić information content (AvgIpc) is 2.46. The normalized spacial score (nSPS) is 18.3. The maximum atomic E-state index is 10.3. The third-order valence-electron chi connectivity index (χ3n) is 3.57. The van der Waals surface area contributed by atoms with Gasteiger partial charge in [-0.1, -0.05) is 11.6 Å². The first-order valence-electron chi connectivity index (χ1n) is 6.83. The quantitative estimate of drug-likeness (QED) is 0.881. The van der Waals surface area contributed by atoms with Crippen molar-refractivity contribution in [2.75, 3.05) is 40.0 Å². The van der Waals surface area contributed by atoms with E-state index >= 15 is 0 Å². The van der Waals surface area contributed by atoms with Crippen molar-refractivity contribution >= 4 is 0 Å². The minimum atomic E-state index is -0.474. The highest BCUT2D eigenvalue weighted by molar-refractivity contribution is 5.38. The molecule has 1 aromatic rings. The SMILES string of the molecule is COc1ccc(C)cc1C(O)CCN1CCOCC1. The second kappa shape index (κ2) is 6.89. The minimum Gasteiger partial charge on any atom is -0.496 e. The van der Waals surface area contributed by atoms with E-state index in [0.717, 1.165) is 56.1 Å². The molecule has 1 atom stereocenters. The third-order valence-corrected chi connectivity index (χ3v) is 3.57. The summed E-state index contributed by atoms with van der Waals surface area (Å²) in [7, 11) is 1.64. The molecule has 0 aliphatic carbocycles. The van der Waals surface area contributed by atoms with E-state index in [1.807, 2.05) is 25.1 Å². The molecule has 0 bridgehead atoms. The van der Waals surface area contributed by atoms with Gasteiger partial charge in [-0.2, -0.15) is 0 Å². The van der Waals surface area contributed by atoms with E-state index in [1.54, 1.807) is 7.11 Å². The minimum absolute atomic E-state index is 0.474. The van der Waals surface area contributed by atoms with E-state index in [9.17, 15) is 5.11 Å². The summed E-state index contributed by atoms with van der Waals surface area (Å²) in [6.07, 6.45) is 0.248. The molecular formula is C15H23NO3. The summed E-state index contributed by atoms with van der Waals surface area (Å²) >= 11 is 0. The molecule has 0 aromatic heterocycles. The van der Waals surface area contributed by atoms with E-state index in [2.05, 4.69) is 4.90 Å². The zero-order valence-corrected chi connectivity index (χ0v) is 11.8. The molecule has 19 heavy (non-hydrogen) atoms. The van der Waals surface area contributed by atoms with Crippen LogP contribution < -0.4 is 4.74 Å². The molecule has 1 aliphatic heterocycles. The summed E-state index contributed by atoms with van der Waals surface area (Å²) in [4.78, 5) is 2.33. The van der Waals surface area contributed by atoms with Crippen LogP contribution in [0.25, 0.3) is 0 Å². The average molecular weight is 265 g/mol. The van der Waals surface area contributed by atoms with Gasteiger partial charge in [0, 0.05) is 25.2 Å². The Morgan fingerprint density at radius 3 is 2.79 bits per heavy atom. The fourth-order valence-electron chi connectivity index (χ4n) is 2.40. The predicted octanol–water partition coefficient (Wildman–Crippen LogP) is 1.76. The molecule has 1 saturated heterocycles. The zero-order valence-electron chi connectivity index (χ0n) is 11.8. The van der Waals surface area contributed by atoms with Gasteiger partial charge in [0.2, 0.25) is 0 Å². The van der Waals surface area contributed by atoms with Crippen LogP contribution in [0.2, 0.25) is 0 Å². The molecule has 0 saturated carbocycles. The largest absolute Gasteiger partial charge is 0.496 e. The Kier molecular flexibility index (Phi) is 5.19. The second-order valence-electron chi connectivity index (χ2n) is 5.00. The Morgan fingerprint density at radius 2 is 2.11 bits per heavy atom. The van der Waals surface area contributed by atoms with Crippen molar-refractivity contribution in [3.63, 3.8) is 0 Å². The molecular weight excluding hydrogens is 242 g/mol. The molecule has 1 aliphatic rings. The van der Waals surface area contributed by atoms with Crippen LogP contribution in [0.4, 0.5) is 0 Å². The van der Waals surface area contributed by atoms with Gasteiger partial charge in [-0.3, -0.25) is 4.90 Å². The number of rotatable bonds is 5. The number of morpholine rings is 1. The Labute approximate surface area is 114 Å². The van der Waals surface area contributed by atoms with Gasteiger partial charge in [0.1, 0.15) is 5.75 Å². The number of aliphatic hydroxyl groups excluding tert-OH is 1. The van der Waals surface area contributed by atoms with Crippen LogP contribution >= 0.6 is 0 Å². The van der Waals surface area contributed by atoms with Crippen molar-refractivity contribution in [1.82, 2.24) is 4.90 Å². The molecule has 1 heterocycles. The van der Waals surface area contributed by atoms with E-state index in [4.69, 9.17) is 9.47 Å². The van der Waals surface area contributed by atoms with Gasteiger partial charge in [0.15, 0.2) is 0 Å². The summed E-state index contributed by atoms with van der Waals surface area (Å²) in [6, 6.07) is 5.92. The lowest BCUT2D eigenvalue weighted by atomic mass is 10.0. The number of methoxy groups -OCH3 is 1. The second-order valence-corrected chi connectivity index (χ2v) is 5.00.